The molecule has 2 rings (SSSR count). The summed E-state index contributed by atoms with van der Waals surface area (Å²) >= 11 is 0. The maximum absolute atomic E-state index is 5.97. The Kier molecular flexibility index (Phi) is 11.6. The number of methoxy groups -OCH3 is 1. The Hall–Kier alpha value is -1.22. The minimum absolute atomic E-state index is 0. The van der Waals surface area contributed by atoms with Gasteiger partial charge in [-0.3, -0.25) is 0 Å². The summed E-state index contributed by atoms with van der Waals surface area (Å²) in [7, 11) is 1.66. The molecule has 1 aromatic carbocycles. The average molecular weight is 504 g/mol. The molecule has 0 radical (unpaired) electrons. The first-order valence-electron chi connectivity index (χ1n) is 10.1. The van der Waals surface area contributed by atoms with Crippen LogP contribution in [0.4, 0.5) is 0 Å². The fraction of sp³-hybridized carbons (Fsp3) is 0.667. The standard InChI is InChI=1S/C21H36N4O2.HI/c1-6-22-21(24-18-10-12-25(13-11-18)16(2)3)23-15-17(4)27-20-9-7-8-19(14-20)26-5;/h7-9,14,16-18H,6,10-13,15H2,1-5H3,(H2,22,23,24);1H. The smallest absolute Gasteiger partial charge is 0.191 e. The number of nitrogens with zero attached hydrogens (tertiary/aromatic N) is 2. The second kappa shape index (κ2) is 13.1. The van der Waals surface area contributed by atoms with Crippen molar-refractivity contribution in [3.63, 3.8) is 0 Å². The number of ether oxygens (including phenoxy) is 2. The predicted octanol–water partition coefficient (Wildman–Crippen LogP) is 3.51. The molecule has 0 bridgehead atoms. The van der Waals surface area contributed by atoms with Gasteiger partial charge in [0.1, 0.15) is 17.6 Å². The Bertz CT molecular complexity index is 590. The number of halogens is 1. The molecule has 1 heterocycles. The van der Waals surface area contributed by atoms with Gasteiger partial charge in [-0.25, -0.2) is 4.99 Å². The normalized spacial score (nSPS) is 17.0. The summed E-state index contributed by atoms with van der Waals surface area (Å²) in [4.78, 5) is 7.26. The fourth-order valence-electron chi connectivity index (χ4n) is 3.24. The Balaban J connectivity index is 0.00000392. The van der Waals surface area contributed by atoms with E-state index in [2.05, 4.69) is 36.3 Å². The zero-order chi connectivity index (χ0) is 19.6. The van der Waals surface area contributed by atoms with Crippen molar-refractivity contribution in [1.82, 2.24) is 15.5 Å². The van der Waals surface area contributed by atoms with Crippen LogP contribution in [0.2, 0.25) is 0 Å². The Morgan fingerprint density at radius 1 is 1.21 bits per heavy atom. The van der Waals surface area contributed by atoms with Crippen LogP contribution >= 0.6 is 24.0 Å². The molecule has 1 aliphatic rings. The van der Waals surface area contributed by atoms with E-state index in [4.69, 9.17) is 14.5 Å². The Morgan fingerprint density at radius 3 is 2.50 bits per heavy atom. The zero-order valence-electron chi connectivity index (χ0n) is 17.9. The SMILES string of the molecule is CCNC(=NCC(C)Oc1cccc(OC)c1)NC1CCN(C(C)C)CC1.I. The summed E-state index contributed by atoms with van der Waals surface area (Å²) in [6.07, 6.45) is 2.28. The van der Waals surface area contributed by atoms with E-state index in [1.165, 1.54) is 0 Å². The Morgan fingerprint density at radius 2 is 1.89 bits per heavy atom. The molecule has 1 saturated heterocycles. The molecule has 160 valence electrons. The first-order valence-corrected chi connectivity index (χ1v) is 10.1. The van der Waals surface area contributed by atoms with Gasteiger partial charge in [0.05, 0.1) is 13.7 Å². The molecule has 0 spiro atoms. The van der Waals surface area contributed by atoms with Crippen LogP contribution in [0.15, 0.2) is 29.3 Å². The lowest BCUT2D eigenvalue weighted by Crippen LogP contribution is -2.50. The van der Waals surface area contributed by atoms with Crippen molar-refractivity contribution in [1.29, 1.82) is 0 Å². The van der Waals surface area contributed by atoms with Crippen LogP contribution in [0.3, 0.4) is 0 Å². The summed E-state index contributed by atoms with van der Waals surface area (Å²) in [6.45, 7) is 12.4. The van der Waals surface area contributed by atoms with E-state index in [1.54, 1.807) is 7.11 Å². The number of hydrogen-bond donors (Lipinski definition) is 2. The largest absolute Gasteiger partial charge is 0.497 e. The van der Waals surface area contributed by atoms with E-state index in [0.29, 0.717) is 18.6 Å². The number of likely N-dealkylation sites (tertiary alicyclic amines) is 1. The van der Waals surface area contributed by atoms with Crippen LogP contribution < -0.4 is 20.1 Å². The van der Waals surface area contributed by atoms with Crippen molar-refractivity contribution in [3.8, 4) is 11.5 Å². The summed E-state index contributed by atoms with van der Waals surface area (Å²) in [6, 6.07) is 8.78. The molecule has 1 fully saturated rings. The van der Waals surface area contributed by atoms with Gasteiger partial charge in [-0.15, -0.1) is 24.0 Å². The summed E-state index contributed by atoms with van der Waals surface area (Å²) in [5, 5.41) is 6.94. The highest BCUT2D eigenvalue weighted by molar-refractivity contribution is 14.0. The third-order valence-electron chi connectivity index (χ3n) is 4.83. The van der Waals surface area contributed by atoms with Gasteiger partial charge in [-0.05, 0) is 52.7 Å². The monoisotopic (exact) mass is 504 g/mol. The lowest BCUT2D eigenvalue weighted by Gasteiger charge is -2.35. The first-order chi connectivity index (χ1) is 13.0. The molecule has 1 aliphatic heterocycles. The molecule has 2 N–H and O–H groups in total. The van der Waals surface area contributed by atoms with Crippen molar-refractivity contribution in [2.24, 2.45) is 4.99 Å². The van der Waals surface area contributed by atoms with E-state index in [-0.39, 0.29) is 30.1 Å². The molecule has 0 aliphatic carbocycles. The lowest BCUT2D eigenvalue weighted by molar-refractivity contribution is 0.167. The van der Waals surface area contributed by atoms with E-state index in [0.717, 1.165) is 49.9 Å². The van der Waals surface area contributed by atoms with Gasteiger partial charge >= 0.3 is 0 Å². The van der Waals surface area contributed by atoms with E-state index in [9.17, 15) is 0 Å². The van der Waals surface area contributed by atoms with Crippen LogP contribution in [-0.2, 0) is 0 Å². The number of aliphatic imine (C=N–C) groups is 1. The van der Waals surface area contributed by atoms with Gasteiger partial charge in [0.2, 0.25) is 0 Å². The number of piperidine rings is 1. The number of guanidine groups is 1. The molecule has 1 aromatic rings. The van der Waals surface area contributed by atoms with Crippen molar-refractivity contribution < 1.29 is 9.47 Å². The van der Waals surface area contributed by atoms with E-state index >= 15 is 0 Å². The van der Waals surface area contributed by atoms with Crippen LogP contribution in [0.1, 0.15) is 40.5 Å². The second-order valence-corrected chi connectivity index (χ2v) is 7.38. The minimum atomic E-state index is -0.0182. The highest BCUT2D eigenvalue weighted by Crippen LogP contribution is 2.20. The molecule has 0 amide bonds. The molecule has 1 unspecified atom stereocenters. The number of hydrogen-bond acceptors (Lipinski definition) is 4. The molecule has 7 heteroatoms. The van der Waals surface area contributed by atoms with Gasteiger partial charge in [0.25, 0.3) is 0 Å². The minimum Gasteiger partial charge on any atom is -0.497 e. The van der Waals surface area contributed by atoms with Crippen LogP contribution in [0, 0.1) is 0 Å². The van der Waals surface area contributed by atoms with E-state index in [1.807, 2.05) is 31.2 Å². The van der Waals surface area contributed by atoms with Gasteiger partial charge < -0.3 is 25.0 Å². The van der Waals surface area contributed by atoms with Gasteiger partial charge in [-0.1, -0.05) is 6.07 Å². The quantitative estimate of drug-likeness (QED) is 0.323. The first kappa shape index (κ1) is 24.8. The zero-order valence-corrected chi connectivity index (χ0v) is 20.2. The molecule has 1 atom stereocenters. The summed E-state index contributed by atoms with van der Waals surface area (Å²) in [5.41, 5.74) is 0. The molecule has 6 nitrogen and oxygen atoms in total. The highest BCUT2D eigenvalue weighted by Gasteiger charge is 2.21. The number of benzene rings is 1. The number of nitrogens with one attached hydrogen (secondary N) is 2. The second-order valence-electron chi connectivity index (χ2n) is 7.38. The summed E-state index contributed by atoms with van der Waals surface area (Å²) < 4.78 is 11.2. The highest BCUT2D eigenvalue weighted by atomic mass is 127. The molecular weight excluding hydrogens is 467 g/mol. The molecule has 0 saturated carbocycles. The van der Waals surface area contributed by atoms with Crippen molar-refractivity contribution in [3.05, 3.63) is 24.3 Å². The van der Waals surface area contributed by atoms with Crippen LogP contribution in [0.25, 0.3) is 0 Å². The van der Waals surface area contributed by atoms with Gasteiger partial charge in [-0.2, -0.15) is 0 Å². The van der Waals surface area contributed by atoms with E-state index < -0.39 is 0 Å². The topological polar surface area (TPSA) is 58.1 Å². The van der Waals surface area contributed by atoms with Gasteiger partial charge in [0, 0.05) is 37.8 Å². The average Bonchev–Trinajstić information content (AvgIpc) is 2.67. The van der Waals surface area contributed by atoms with Gasteiger partial charge in [0.15, 0.2) is 5.96 Å². The third kappa shape index (κ3) is 8.43. The van der Waals surface area contributed by atoms with Crippen molar-refractivity contribution in [2.45, 2.75) is 58.7 Å². The van der Waals surface area contributed by atoms with Crippen molar-refractivity contribution in [2.75, 3.05) is 33.3 Å². The van der Waals surface area contributed by atoms with Crippen LogP contribution in [0.5, 0.6) is 11.5 Å². The summed E-state index contributed by atoms with van der Waals surface area (Å²) in [5.74, 6) is 2.48. The third-order valence-corrected chi connectivity index (χ3v) is 4.83. The Labute approximate surface area is 187 Å². The fourth-order valence-corrected chi connectivity index (χ4v) is 3.24. The molecule has 0 aromatic heterocycles. The maximum atomic E-state index is 5.97. The lowest BCUT2D eigenvalue weighted by atomic mass is 10.0. The predicted molar refractivity (Wildman–Crippen MR) is 127 cm³/mol. The molecular formula is C21H37IN4O2. The molecule has 28 heavy (non-hydrogen) atoms. The number of rotatable bonds is 8. The van der Waals surface area contributed by atoms with Crippen molar-refractivity contribution >= 4 is 29.9 Å². The van der Waals surface area contributed by atoms with Crippen LogP contribution in [-0.4, -0.2) is 62.3 Å². The maximum Gasteiger partial charge on any atom is 0.191 e.